The molecule has 0 radical (unpaired) electrons. The molecular formula is C13H10ClNO3S2. The number of hydrogen-bond donors (Lipinski definition) is 2. The van der Waals surface area contributed by atoms with Gasteiger partial charge in [-0.15, -0.1) is 22.7 Å². The molecule has 2 aromatic rings. The summed E-state index contributed by atoms with van der Waals surface area (Å²) in [6, 6.07) is 5.34. The number of carbonyl (C=O) groups is 2. The van der Waals surface area contributed by atoms with Crippen molar-refractivity contribution in [2.24, 2.45) is 0 Å². The third kappa shape index (κ3) is 3.93. The monoisotopic (exact) mass is 327 g/mol. The zero-order valence-corrected chi connectivity index (χ0v) is 12.5. The number of carboxylic acid groups (broad SMARTS) is 1. The van der Waals surface area contributed by atoms with E-state index < -0.39 is 5.97 Å². The van der Waals surface area contributed by atoms with E-state index in [0.717, 1.165) is 11.0 Å². The molecule has 0 aromatic carbocycles. The number of carbonyl (C=O) groups excluding carboxylic acids is 1. The second kappa shape index (κ2) is 6.69. The van der Waals surface area contributed by atoms with E-state index in [9.17, 15) is 9.59 Å². The van der Waals surface area contributed by atoms with Crippen LogP contribution in [-0.2, 0) is 11.3 Å². The highest BCUT2D eigenvalue weighted by molar-refractivity contribution is 7.16. The molecule has 0 saturated carbocycles. The van der Waals surface area contributed by atoms with Crippen molar-refractivity contribution in [1.82, 2.24) is 5.32 Å². The molecule has 0 spiro atoms. The molecule has 104 valence electrons. The Bertz CT molecular complexity index is 660. The normalized spacial score (nSPS) is 10.8. The van der Waals surface area contributed by atoms with E-state index in [1.165, 1.54) is 28.7 Å². The van der Waals surface area contributed by atoms with E-state index >= 15 is 0 Å². The molecule has 0 bridgehead atoms. The van der Waals surface area contributed by atoms with Gasteiger partial charge in [-0.05, 0) is 35.2 Å². The smallest absolute Gasteiger partial charge is 0.328 e. The Morgan fingerprint density at radius 3 is 2.80 bits per heavy atom. The summed E-state index contributed by atoms with van der Waals surface area (Å²) in [4.78, 5) is 24.0. The van der Waals surface area contributed by atoms with Crippen molar-refractivity contribution < 1.29 is 14.7 Å². The lowest BCUT2D eigenvalue weighted by Gasteiger charge is -2.02. The molecule has 0 aliphatic carbocycles. The fourth-order valence-electron chi connectivity index (χ4n) is 1.49. The van der Waals surface area contributed by atoms with Crippen LogP contribution >= 0.6 is 34.3 Å². The van der Waals surface area contributed by atoms with Crippen LogP contribution in [0.3, 0.4) is 0 Å². The molecule has 0 fully saturated rings. The van der Waals surface area contributed by atoms with Crippen LogP contribution in [0.15, 0.2) is 29.7 Å². The molecule has 20 heavy (non-hydrogen) atoms. The van der Waals surface area contributed by atoms with Gasteiger partial charge in [0.15, 0.2) is 0 Å². The first-order valence-electron chi connectivity index (χ1n) is 5.57. The summed E-state index contributed by atoms with van der Waals surface area (Å²) in [5.41, 5.74) is 0.596. The molecular weight excluding hydrogens is 318 g/mol. The van der Waals surface area contributed by atoms with Crippen LogP contribution in [0.5, 0.6) is 0 Å². The molecule has 0 saturated heterocycles. The molecule has 7 heteroatoms. The number of amides is 1. The largest absolute Gasteiger partial charge is 0.478 e. The summed E-state index contributed by atoms with van der Waals surface area (Å²) < 4.78 is 0.676. The van der Waals surface area contributed by atoms with E-state index in [1.54, 1.807) is 17.5 Å². The average Bonchev–Trinajstić information content (AvgIpc) is 3.02. The van der Waals surface area contributed by atoms with Crippen LogP contribution in [0, 0.1) is 0 Å². The maximum atomic E-state index is 12.0. The zero-order valence-electron chi connectivity index (χ0n) is 10.1. The summed E-state index contributed by atoms with van der Waals surface area (Å²) in [7, 11) is 0. The van der Waals surface area contributed by atoms with Crippen molar-refractivity contribution in [3.05, 3.63) is 49.3 Å². The van der Waals surface area contributed by atoms with E-state index in [1.807, 2.05) is 6.07 Å². The maximum absolute atomic E-state index is 12.0. The Kier molecular flexibility index (Phi) is 4.94. The first-order chi connectivity index (χ1) is 9.56. The van der Waals surface area contributed by atoms with Gasteiger partial charge in [0.25, 0.3) is 5.91 Å². The summed E-state index contributed by atoms with van der Waals surface area (Å²) in [6.45, 7) is 0.399. The number of rotatable bonds is 5. The number of nitrogens with one attached hydrogen (secondary N) is 1. The van der Waals surface area contributed by atoms with Gasteiger partial charge in [-0.1, -0.05) is 11.6 Å². The summed E-state index contributed by atoms with van der Waals surface area (Å²) in [5, 5.41) is 13.1. The molecule has 1 amide bonds. The molecule has 2 rings (SSSR count). The quantitative estimate of drug-likeness (QED) is 0.826. The standard InChI is InChI=1S/C13H10ClNO3S2/c14-10-3-2-9(20-10)7-15-13(18)12-8(5-6-19-12)1-4-11(16)17/h1-6H,7H2,(H,15,18)(H,16,17). The van der Waals surface area contributed by atoms with Gasteiger partial charge in [0, 0.05) is 11.0 Å². The van der Waals surface area contributed by atoms with Gasteiger partial charge in [0.1, 0.15) is 0 Å². The van der Waals surface area contributed by atoms with Gasteiger partial charge in [0.2, 0.25) is 0 Å². The molecule has 2 heterocycles. The minimum atomic E-state index is -1.05. The van der Waals surface area contributed by atoms with Crippen molar-refractivity contribution in [3.63, 3.8) is 0 Å². The lowest BCUT2D eigenvalue weighted by molar-refractivity contribution is -0.131. The number of carboxylic acids is 1. The summed E-state index contributed by atoms with van der Waals surface area (Å²) in [6.07, 6.45) is 2.42. The fraction of sp³-hybridized carbons (Fsp3) is 0.0769. The Hall–Kier alpha value is -1.63. The second-order valence-electron chi connectivity index (χ2n) is 3.77. The number of halogens is 1. The van der Waals surface area contributed by atoms with E-state index in [2.05, 4.69) is 5.32 Å². The summed E-state index contributed by atoms with van der Waals surface area (Å²) in [5.74, 6) is -1.27. The molecule has 0 aliphatic heterocycles. The molecule has 0 atom stereocenters. The van der Waals surface area contributed by atoms with Gasteiger partial charge in [-0.25, -0.2) is 4.79 Å². The van der Waals surface area contributed by atoms with E-state index in [-0.39, 0.29) is 5.91 Å². The molecule has 2 N–H and O–H groups in total. The number of hydrogen-bond acceptors (Lipinski definition) is 4. The van der Waals surface area contributed by atoms with Gasteiger partial charge in [-0.3, -0.25) is 4.79 Å². The number of thiophene rings is 2. The van der Waals surface area contributed by atoms with Gasteiger partial charge in [0.05, 0.1) is 15.8 Å². The highest BCUT2D eigenvalue weighted by atomic mass is 35.5. The minimum Gasteiger partial charge on any atom is -0.478 e. The minimum absolute atomic E-state index is 0.227. The van der Waals surface area contributed by atoms with Crippen LogP contribution in [0.4, 0.5) is 0 Å². The van der Waals surface area contributed by atoms with E-state index in [0.29, 0.717) is 21.3 Å². The fourth-order valence-corrected chi connectivity index (χ4v) is 3.32. The average molecular weight is 328 g/mol. The van der Waals surface area contributed by atoms with Crippen molar-refractivity contribution >= 4 is 52.2 Å². The Labute approximate surface area is 128 Å². The van der Waals surface area contributed by atoms with Crippen LogP contribution < -0.4 is 5.32 Å². The van der Waals surface area contributed by atoms with Crippen molar-refractivity contribution in [2.45, 2.75) is 6.54 Å². The third-order valence-electron chi connectivity index (χ3n) is 2.36. The molecule has 2 aromatic heterocycles. The Morgan fingerprint density at radius 2 is 2.15 bits per heavy atom. The molecule has 4 nitrogen and oxygen atoms in total. The molecule has 0 aliphatic rings. The van der Waals surface area contributed by atoms with Crippen LogP contribution in [0.2, 0.25) is 4.34 Å². The lowest BCUT2D eigenvalue weighted by atomic mass is 10.2. The lowest BCUT2D eigenvalue weighted by Crippen LogP contribution is -2.21. The van der Waals surface area contributed by atoms with Crippen molar-refractivity contribution in [2.75, 3.05) is 0 Å². The predicted octanol–water partition coefficient (Wildman–Crippen LogP) is 3.49. The Balaban J connectivity index is 2.02. The highest BCUT2D eigenvalue weighted by Crippen LogP contribution is 2.22. The Morgan fingerprint density at radius 1 is 1.35 bits per heavy atom. The first kappa shape index (κ1) is 14.8. The topological polar surface area (TPSA) is 66.4 Å². The van der Waals surface area contributed by atoms with E-state index in [4.69, 9.17) is 16.7 Å². The van der Waals surface area contributed by atoms with Gasteiger partial charge >= 0.3 is 5.97 Å². The third-order valence-corrected chi connectivity index (χ3v) is 4.52. The predicted molar refractivity (Wildman–Crippen MR) is 81.5 cm³/mol. The van der Waals surface area contributed by atoms with Gasteiger partial charge < -0.3 is 10.4 Å². The van der Waals surface area contributed by atoms with Crippen molar-refractivity contribution in [1.29, 1.82) is 0 Å². The van der Waals surface area contributed by atoms with Crippen LogP contribution in [-0.4, -0.2) is 17.0 Å². The van der Waals surface area contributed by atoms with Crippen LogP contribution in [0.1, 0.15) is 20.1 Å². The number of aliphatic carboxylic acids is 1. The SMILES string of the molecule is O=C(O)C=Cc1ccsc1C(=O)NCc1ccc(Cl)s1. The van der Waals surface area contributed by atoms with Crippen LogP contribution in [0.25, 0.3) is 6.08 Å². The maximum Gasteiger partial charge on any atom is 0.328 e. The second-order valence-corrected chi connectivity index (χ2v) is 6.48. The zero-order chi connectivity index (χ0) is 14.5. The first-order valence-corrected chi connectivity index (χ1v) is 7.64. The highest BCUT2D eigenvalue weighted by Gasteiger charge is 2.11. The van der Waals surface area contributed by atoms with Gasteiger partial charge in [-0.2, -0.15) is 0 Å². The molecule has 0 unspecified atom stereocenters. The van der Waals surface area contributed by atoms with Crippen molar-refractivity contribution in [3.8, 4) is 0 Å². The summed E-state index contributed by atoms with van der Waals surface area (Å²) >= 11 is 8.49.